The number of hydrogen-bond donors (Lipinski definition) is 0. The molecule has 0 aliphatic carbocycles. The van der Waals surface area contributed by atoms with Gasteiger partial charge in [0.1, 0.15) is 12.4 Å². The standard InChI is InChI=1S/C14H11ClF3NO/c15-7-10-3-4-13(12(6-10)14(16,17)18)20-9-11-2-1-5-19-8-11/h1-6,8H,7,9H2. The maximum absolute atomic E-state index is 13.0. The summed E-state index contributed by atoms with van der Waals surface area (Å²) < 4.78 is 44.1. The molecule has 0 N–H and O–H groups in total. The van der Waals surface area contributed by atoms with E-state index in [-0.39, 0.29) is 18.2 Å². The van der Waals surface area contributed by atoms with Gasteiger partial charge in [0, 0.05) is 23.8 Å². The van der Waals surface area contributed by atoms with Crippen LogP contribution in [-0.4, -0.2) is 4.98 Å². The van der Waals surface area contributed by atoms with Crippen LogP contribution >= 0.6 is 11.6 Å². The van der Waals surface area contributed by atoms with E-state index in [9.17, 15) is 13.2 Å². The zero-order valence-electron chi connectivity index (χ0n) is 10.3. The molecule has 0 radical (unpaired) electrons. The second-order valence-electron chi connectivity index (χ2n) is 4.11. The van der Waals surface area contributed by atoms with E-state index < -0.39 is 11.7 Å². The molecule has 0 aliphatic heterocycles. The van der Waals surface area contributed by atoms with Gasteiger partial charge >= 0.3 is 6.18 Å². The molecule has 1 aromatic heterocycles. The SMILES string of the molecule is FC(F)(F)c1cc(CCl)ccc1OCc1cccnc1. The minimum Gasteiger partial charge on any atom is -0.488 e. The molecule has 2 aromatic rings. The lowest BCUT2D eigenvalue weighted by atomic mass is 10.1. The first kappa shape index (κ1) is 14.7. The van der Waals surface area contributed by atoms with E-state index in [4.69, 9.17) is 16.3 Å². The Kier molecular flexibility index (Phi) is 4.49. The van der Waals surface area contributed by atoms with Gasteiger partial charge in [-0.15, -0.1) is 11.6 Å². The van der Waals surface area contributed by atoms with Crippen LogP contribution in [-0.2, 0) is 18.7 Å². The third kappa shape index (κ3) is 3.63. The summed E-state index contributed by atoms with van der Waals surface area (Å²) in [5.41, 5.74) is 0.273. The number of rotatable bonds is 4. The normalized spacial score (nSPS) is 11.4. The number of alkyl halides is 4. The van der Waals surface area contributed by atoms with Gasteiger partial charge in [-0.3, -0.25) is 4.98 Å². The van der Waals surface area contributed by atoms with Crippen LogP contribution in [0.15, 0.2) is 42.7 Å². The molecule has 0 spiro atoms. The third-order valence-electron chi connectivity index (χ3n) is 2.62. The predicted octanol–water partition coefficient (Wildman–Crippen LogP) is 4.42. The zero-order chi connectivity index (χ0) is 14.6. The van der Waals surface area contributed by atoms with Gasteiger partial charge in [-0.2, -0.15) is 13.2 Å². The van der Waals surface area contributed by atoms with Gasteiger partial charge in [-0.1, -0.05) is 12.1 Å². The maximum Gasteiger partial charge on any atom is 0.419 e. The Balaban J connectivity index is 2.23. The van der Waals surface area contributed by atoms with E-state index in [1.807, 2.05) is 0 Å². The molecule has 0 atom stereocenters. The summed E-state index contributed by atoms with van der Waals surface area (Å²) in [5, 5.41) is 0. The number of aromatic nitrogens is 1. The molecule has 0 aliphatic rings. The molecule has 0 bridgehead atoms. The van der Waals surface area contributed by atoms with E-state index in [1.165, 1.54) is 12.1 Å². The highest BCUT2D eigenvalue weighted by molar-refractivity contribution is 6.17. The van der Waals surface area contributed by atoms with Crippen molar-refractivity contribution in [1.29, 1.82) is 0 Å². The number of pyridine rings is 1. The summed E-state index contributed by atoms with van der Waals surface area (Å²) in [6.07, 6.45) is -1.35. The van der Waals surface area contributed by atoms with Crippen LogP contribution < -0.4 is 4.74 Å². The summed E-state index contributed by atoms with van der Waals surface area (Å²) in [6, 6.07) is 7.23. The van der Waals surface area contributed by atoms with Gasteiger partial charge in [0.15, 0.2) is 0 Å². The summed E-state index contributed by atoms with van der Waals surface area (Å²) in [7, 11) is 0. The topological polar surface area (TPSA) is 22.1 Å². The van der Waals surface area contributed by atoms with Crippen LogP contribution in [0.1, 0.15) is 16.7 Å². The molecule has 1 heterocycles. The average Bonchev–Trinajstić information content (AvgIpc) is 2.45. The second kappa shape index (κ2) is 6.13. The lowest BCUT2D eigenvalue weighted by molar-refractivity contribution is -0.139. The first-order valence-corrected chi connectivity index (χ1v) is 6.32. The van der Waals surface area contributed by atoms with Crippen molar-refractivity contribution in [3.05, 3.63) is 59.4 Å². The molecule has 0 amide bonds. The molecule has 0 saturated heterocycles. The van der Waals surface area contributed by atoms with Crippen LogP contribution in [0, 0.1) is 0 Å². The van der Waals surface area contributed by atoms with Crippen LogP contribution in [0.5, 0.6) is 5.75 Å². The van der Waals surface area contributed by atoms with Gasteiger partial charge in [0.05, 0.1) is 5.56 Å². The van der Waals surface area contributed by atoms with Crippen LogP contribution in [0.25, 0.3) is 0 Å². The molecule has 0 saturated carbocycles. The van der Waals surface area contributed by atoms with E-state index >= 15 is 0 Å². The van der Waals surface area contributed by atoms with Gasteiger partial charge in [-0.25, -0.2) is 0 Å². The van der Waals surface area contributed by atoms with E-state index in [1.54, 1.807) is 24.5 Å². The Bertz CT molecular complexity index is 572. The summed E-state index contributed by atoms with van der Waals surface area (Å²) in [4.78, 5) is 3.88. The van der Waals surface area contributed by atoms with Crippen molar-refractivity contribution < 1.29 is 17.9 Å². The summed E-state index contributed by atoms with van der Waals surface area (Å²) >= 11 is 5.56. The molecule has 2 nitrogen and oxygen atoms in total. The predicted molar refractivity (Wildman–Crippen MR) is 69.6 cm³/mol. The highest BCUT2D eigenvalue weighted by atomic mass is 35.5. The lowest BCUT2D eigenvalue weighted by Crippen LogP contribution is -2.09. The first-order valence-electron chi connectivity index (χ1n) is 5.78. The fourth-order valence-electron chi connectivity index (χ4n) is 1.65. The van der Waals surface area contributed by atoms with Crippen molar-refractivity contribution in [3.63, 3.8) is 0 Å². The van der Waals surface area contributed by atoms with Crippen molar-refractivity contribution in [1.82, 2.24) is 4.98 Å². The van der Waals surface area contributed by atoms with Crippen LogP contribution in [0.4, 0.5) is 13.2 Å². The van der Waals surface area contributed by atoms with E-state index in [0.717, 1.165) is 6.07 Å². The summed E-state index contributed by atoms with van der Waals surface area (Å²) in [6.45, 7) is 0.0249. The minimum atomic E-state index is -4.48. The highest BCUT2D eigenvalue weighted by Gasteiger charge is 2.34. The molecule has 1 aromatic carbocycles. The first-order chi connectivity index (χ1) is 9.50. The Morgan fingerprint density at radius 1 is 1.15 bits per heavy atom. The summed E-state index contributed by atoms with van der Waals surface area (Å²) in [5.74, 6) is -0.193. The monoisotopic (exact) mass is 301 g/mol. The van der Waals surface area contributed by atoms with Crippen molar-refractivity contribution in [3.8, 4) is 5.75 Å². The maximum atomic E-state index is 13.0. The van der Waals surface area contributed by atoms with Gasteiger partial charge < -0.3 is 4.74 Å². The number of ether oxygens (including phenoxy) is 1. The molecule has 2 rings (SSSR count). The van der Waals surface area contributed by atoms with Crippen LogP contribution in [0.3, 0.4) is 0 Å². The van der Waals surface area contributed by atoms with Crippen molar-refractivity contribution >= 4 is 11.6 Å². The van der Waals surface area contributed by atoms with Crippen molar-refractivity contribution in [2.24, 2.45) is 0 Å². The number of nitrogens with zero attached hydrogens (tertiary/aromatic N) is 1. The number of halogens is 4. The van der Waals surface area contributed by atoms with E-state index in [0.29, 0.717) is 11.1 Å². The fraction of sp³-hybridized carbons (Fsp3) is 0.214. The smallest absolute Gasteiger partial charge is 0.419 e. The molecule has 20 heavy (non-hydrogen) atoms. The molecular formula is C14H11ClF3NO. The third-order valence-corrected chi connectivity index (χ3v) is 2.93. The Hall–Kier alpha value is -1.75. The minimum absolute atomic E-state index is 0.0198. The Morgan fingerprint density at radius 2 is 1.95 bits per heavy atom. The average molecular weight is 302 g/mol. The molecule has 0 unspecified atom stereocenters. The van der Waals surface area contributed by atoms with E-state index in [2.05, 4.69) is 4.98 Å². The van der Waals surface area contributed by atoms with Gasteiger partial charge in [0.2, 0.25) is 0 Å². The molecule has 0 fully saturated rings. The van der Waals surface area contributed by atoms with Crippen molar-refractivity contribution in [2.45, 2.75) is 18.7 Å². The lowest BCUT2D eigenvalue weighted by Gasteiger charge is -2.15. The second-order valence-corrected chi connectivity index (χ2v) is 4.38. The zero-order valence-corrected chi connectivity index (χ0v) is 11.1. The van der Waals surface area contributed by atoms with Gasteiger partial charge in [-0.05, 0) is 23.8 Å². The van der Waals surface area contributed by atoms with Crippen LogP contribution in [0.2, 0.25) is 0 Å². The number of hydrogen-bond acceptors (Lipinski definition) is 2. The Morgan fingerprint density at radius 3 is 2.55 bits per heavy atom. The van der Waals surface area contributed by atoms with Gasteiger partial charge in [0.25, 0.3) is 0 Å². The molecule has 106 valence electrons. The number of benzene rings is 1. The van der Waals surface area contributed by atoms with Crippen molar-refractivity contribution in [2.75, 3.05) is 0 Å². The molecule has 6 heteroatoms. The molecular weight excluding hydrogens is 291 g/mol. The quantitative estimate of drug-likeness (QED) is 0.780. The Labute approximate surface area is 119 Å². The largest absolute Gasteiger partial charge is 0.488 e. The fourth-order valence-corrected chi connectivity index (χ4v) is 1.82. The highest BCUT2D eigenvalue weighted by Crippen LogP contribution is 2.37.